The predicted octanol–water partition coefficient (Wildman–Crippen LogP) is 0.416. The first-order valence-electron chi connectivity index (χ1n) is 6.06. The van der Waals surface area contributed by atoms with Crippen LogP contribution in [0.4, 0.5) is 4.79 Å². The van der Waals surface area contributed by atoms with Crippen LogP contribution in [-0.2, 0) is 9.53 Å². The van der Waals surface area contributed by atoms with Crippen molar-refractivity contribution in [1.82, 2.24) is 4.90 Å². The predicted molar refractivity (Wildman–Crippen MR) is 67.1 cm³/mol. The van der Waals surface area contributed by atoms with Gasteiger partial charge in [0.2, 0.25) is 6.10 Å². The first kappa shape index (κ1) is 13.4. The minimum absolute atomic E-state index is 0.254. The van der Waals surface area contributed by atoms with Gasteiger partial charge in [-0.2, -0.15) is 0 Å². The normalized spacial score (nSPS) is 20.1. The van der Waals surface area contributed by atoms with Gasteiger partial charge in [-0.15, -0.1) is 0 Å². The van der Waals surface area contributed by atoms with Crippen LogP contribution in [0.15, 0.2) is 30.3 Å². The highest BCUT2D eigenvalue weighted by atomic mass is 16.6. The van der Waals surface area contributed by atoms with Gasteiger partial charge in [0, 0.05) is 18.7 Å². The van der Waals surface area contributed by atoms with Crippen molar-refractivity contribution in [2.24, 2.45) is 5.73 Å². The van der Waals surface area contributed by atoms with Gasteiger partial charge in [-0.25, -0.2) is 4.79 Å². The Bertz CT molecular complexity index is 463. The highest BCUT2D eigenvalue weighted by Gasteiger charge is 2.32. The Morgan fingerprint density at radius 2 is 2.05 bits per heavy atom. The maximum atomic E-state index is 12.3. The van der Waals surface area contributed by atoms with Gasteiger partial charge >= 0.3 is 6.09 Å². The lowest BCUT2D eigenvalue weighted by Crippen LogP contribution is -2.36. The number of carbonyl (C=O) groups is 2. The molecule has 1 aromatic rings. The fourth-order valence-electron chi connectivity index (χ4n) is 2.11. The van der Waals surface area contributed by atoms with Gasteiger partial charge in [0.05, 0.1) is 6.10 Å². The van der Waals surface area contributed by atoms with Gasteiger partial charge in [-0.3, -0.25) is 4.79 Å². The zero-order chi connectivity index (χ0) is 13.8. The summed E-state index contributed by atoms with van der Waals surface area (Å²) in [5.41, 5.74) is 5.58. The monoisotopic (exact) mass is 264 g/mol. The highest BCUT2D eigenvalue weighted by molar-refractivity contribution is 5.84. The number of hydrogen-bond acceptors (Lipinski definition) is 4. The Morgan fingerprint density at radius 1 is 1.37 bits per heavy atom. The van der Waals surface area contributed by atoms with E-state index >= 15 is 0 Å². The summed E-state index contributed by atoms with van der Waals surface area (Å²) in [6.07, 6.45) is -2.04. The SMILES string of the molecule is NC(=O)O[C@H](C(=O)N1CCC(O)C1)c1ccccc1. The number of β-amino-alcohol motifs (C(OH)–C–C–N with tert-alkyl or cyclic N) is 1. The molecule has 1 fully saturated rings. The zero-order valence-corrected chi connectivity index (χ0v) is 10.4. The van der Waals surface area contributed by atoms with Crippen molar-refractivity contribution in [3.63, 3.8) is 0 Å². The average molecular weight is 264 g/mol. The molecule has 1 unspecified atom stereocenters. The first-order valence-corrected chi connectivity index (χ1v) is 6.06. The number of hydrogen-bond donors (Lipinski definition) is 2. The molecule has 1 aliphatic rings. The smallest absolute Gasteiger partial charge is 0.405 e. The molecule has 1 saturated heterocycles. The van der Waals surface area contributed by atoms with Crippen molar-refractivity contribution in [2.45, 2.75) is 18.6 Å². The molecule has 0 aliphatic carbocycles. The van der Waals surface area contributed by atoms with E-state index in [9.17, 15) is 14.7 Å². The number of nitrogens with two attached hydrogens (primary N) is 1. The van der Waals surface area contributed by atoms with Crippen LogP contribution in [0.3, 0.4) is 0 Å². The van der Waals surface area contributed by atoms with E-state index in [4.69, 9.17) is 10.5 Å². The molecule has 1 heterocycles. The Balaban J connectivity index is 2.18. The maximum Gasteiger partial charge on any atom is 0.405 e. The molecule has 2 rings (SSSR count). The van der Waals surface area contributed by atoms with Gasteiger partial charge in [0.25, 0.3) is 5.91 Å². The summed E-state index contributed by atoms with van der Waals surface area (Å²) in [6, 6.07) is 8.68. The van der Waals surface area contributed by atoms with Crippen molar-refractivity contribution in [2.75, 3.05) is 13.1 Å². The Morgan fingerprint density at radius 3 is 2.58 bits per heavy atom. The van der Waals surface area contributed by atoms with Crippen LogP contribution >= 0.6 is 0 Å². The Kier molecular flexibility index (Phi) is 4.01. The first-order chi connectivity index (χ1) is 9.08. The summed E-state index contributed by atoms with van der Waals surface area (Å²) >= 11 is 0. The molecule has 6 nitrogen and oxygen atoms in total. The average Bonchev–Trinajstić information content (AvgIpc) is 2.83. The van der Waals surface area contributed by atoms with Gasteiger partial charge in [0.15, 0.2) is 0 Å². The minimum atomic E-state index is -1.05. The largest absolute Gasteiger partial charge is 0.431 e. The van der Waals surface area contributed by atoms with Crippen molar-refractivity contribution >= 4 is 12.0 Å². The summed E-state index contributed by atoms with van der Waals surface area (Å²) in [5.74, 6) is -0.360. The molecule has 3 N–H and O–H groups in total. The summed E-state index contributed by atoms with van der Waals surface area (Å²) in [7, 11) is 0. The molecule has 1 aromatic carbocycles. The van der Waals surface area contributed by atoms with Crippen LogP contribution in [0, 0.1) is 0 Å². The number of nitrogens with zero attached hydrogens (tertiary/aromatic N) is 1. The van der Waals surface area contributed by atoms with E-state index in [1.807, 2.05) is 0 Å². The Labute approximate surface area is 110 Å². The number of carbonyl (C=O) groups excluding carboxylic acids is 2. The van der Waals surface area contributed by atoms with E-state index in [1.54, 1.807) is 30.3 Å². The molecule has 0 spiro atoms. The maximum absolute atomic E-state index is 12.3. The fourth-order valence-corrected chi connectivity index (χ4v) is 2.11. The molecule has 0 bridgehead atoms. The van der Waals surface area contributed by atoms with Crippen molar-refractivity contribution in [1.29, 1.82) is 0 Å². The van der Waals surface area contributed by atoms with Gasteiger partial charge in [0.1, 0.15) is 0 Å². The number of amides is 2. The summed E-state index contributed by atoms with van der Waals surface area (Å²) in [4.78, 5) is 24.7. The van der Waals surface area contributed by atoms with Crippen LogP contribution in [0.5, 0.6) is 0 Å². The minimum Gasteiger partial charge on any atom is -0.431 e. The van der Waals surface area contributed by atoms with E-state index in [-0.39, 0.29) is 12.5 Å². The van der Waals surface area contributed by atoms with E-state index < -0.39 is 18.3 Å². The van der Waals surface area contributed by atoms with Crippen LogP contribution in [0.1, 0.15) is 18.1 Å². The van der Waals surface area contributed by atoms with Gasteiger partial charge in [-0.1, -0.05) is 30.3 Å². The standard InChI is InChI=1S/C13H16N2O4/c14-13(18)19-11(9-4-2-1-3-5-9)12(17)15-7-6-10(16)8-15/h1-5,10-11,16H,6-8H2,(H2,14,18)/t10?,11-/m0/s1. The van der Waals surface area contributed by atoms with Gasteiger partial charge < -0.3 is 20.5 Å². The molecule has 0 aromatic heterocycles. The second-order valence-corrected chi connectivity index (χ2v) is 4.45. The summed E-state index contributed by atoms with van der Waals surface area (Å²) in [6.45, 7) is 0.704. The summed E-state index contributed by atoms with van der Waals surface area (Å²) in [5, 5.41) is 9.46. The lowest BCUT2D eigenvalue weighted by atomic mass is 10.1. The third-order valence-corrected chi connectivity index (χ3v) is 3.04. The molecular weight excluding hydrogens is 248 g/mol. The molecule has 1 aliphatic heterocycles. The molecular formula is C13H16N2O4. The van der Waals surface area contributed by atoms with Crippen LogP contribution in [-0.4, -0.2) is 41.2 Å². The molecule has 2 atom stereocenters. The third kappa shape index (κ3) is 3.23. The Hall–Kier alpha value is -2.08. The van der Waals surface area contributed by atoms with Crippen molar-refractivity contribution in [3.8, 4) is 0 Å². The quantitative estimate of drug-likeness (QED) is 0.827. The third-order valence-electron chi connectivity index (χ3n) is 3.04. The van der Waals surface area contributed by atoms with E-state index in [0.29, 0.717) is 18.5 Å². The number of benzene rings is 1. The number of ether oxygens (including phenoxy) is 1. The number of primary amides is 1. The molecule has 0 radical (unpaired) electrons. The molecule has 2 amide bonds. The number of aliphatic hydroxyl groups is 1. The molecule has 0 saturated carbocycles. The lowest BCUT2D eigenvalue weighted by molar-refractivity contribution is -0.139. The van der Waals surface area contributed by atoms with Crippen LogP contribution in [0.2, 0.25) is 0 Å². The van der Waals surface area contributed by atoms with Crippen LogP contribution < -0.4 is 5.73 Å². The number of likely N-dealkylation sites (tertiary alicyclic amines) is 1. The van der Waals surface area contributed by atoms with E-state index in [1.165, 1.54) is 4.90 Å². The molecule has 19 heavy (non-hydrogen) atoms. The second kappa shape index (κ2) is 5.71. The second-order valence-electron chi connectivity index (χ2n) is 4.45. The van der Waals surface area contributed by atoms with Crippen molar-refractivity contribution < 1.29 is 19.4 Å². The molecule has 102 valence electrons. The van der Waals surface area contributed by atoms with Crippen LogP contribution in [0.25, 0.3) is 0 Å². The van der Waals surface area contributed by atoms with Crippen molar-refractivity contribution in [3.05, 3.63) is 35.9 Å². The highest BCUT2D eigenvalue weighted by Crippen LogP contribution is 2.22. The van der Waals surface area contributed by atoms with E-state index in [2.05, 4.69) is 0 Å². The number of rotatable bonds is 3. The zero-order valence-electron chi connectivity index (χ0n) is 10.4. The number of aliphatic hydroxyl groups excluding tert-OH is 1. The summed E-state index contributed by atoms with van der Waals surface area (Å²) < 4.78 is 4.91. The van der Waals surface area contributed by atoms with E-state index in [0.717, 1.165) is 0 Å². The molecule has 6 heteroatoms. The van der Waals surface area contributed by atoms with Gasteiger partial charge in [-0.05, 0) is 6.42 Å². The fraction of sp³-hybridized carbons (Fsp3) is 0.385. The lowest BCUT2D eigenvalue weighted by Gasteiger charge is -2.22. The topological polar surface area (TPSA) is 92.9 Å².